The first kappa shape index (κ1) is 25.7. The largest absolute Gasteiger partial charge is 0.478 e. The lowest BCUT2D eigenvalue weighted by atomic mass is 9.87. The van der Waals surface area contributed by atoms with Gasteiger partial charge in [-0.1, -0.05) is 39.0 Å². The first-order chi connectivity index (χ1) is 18.6. The molecule has 0 saturated heterocycles. The van der Waals surface area contributed by atoms with Crippen LogP contribution in [0.5, 0.6) is 0 Å². The SMILES string of the molecule is Cc1ccc(NC(=O)c2ccc(C(C)(C)C)cc2)cc1-c1cn2ccnc2c(Nc2ccc(C(=O)O)cc2)n1. The zero-order valence-corrected chi connectivity index (χ0v) is 22.2. The summed E-state index contributed by atoms with van der Waals surface area (Å²) < 4.78 is 1.87. The molecule has 8 heteroatoms. The van der Waals surface area contributed by atoms with Crippen LogP contribution in [0.1, 0.15) is 52.6 Å². The summed E-state index contributed by atoms with van der Waals surface area (Å²) in [6, 6.07) is 19.8. The van der Waals surface area contributed by atoms with E-state index in [4.69, 9.17) is 4.98 Å². The van der Waals surface area contributed by atoms with E-state index in [1.165, 1.54) is 17.7 Å². The molecule has 5 rings (SSSR count). The Bertz CT molecular complexity index is 1680. The van der Waals surface area contributed by atoms with E-state index in [1.54, 1.807) is 18.3 Å². The number of benzene rings is 3. The third-order valence-electron chi connectivity index (χ3n) is 6.55. The molecule has 0 aliphatic heterocycles. The Morgan fingerprint density at radius 1 is 0.897 bits per heavy atom. The van der Waals surface area contributed by atoms with Crippen molar-refractivity contribution in [3.8, 4) is 11.3 Å². The zero-order chi connectivity index (χ0) is 27.7. The highest BCUT2D eigenvalue weighted by Gasteiger charge is 2.16. The van der Waals surface area contributed by atoms with Gasteiger partial charge in [0.2, 0.25) is 0 Å². The molecule has 5 aromatic rings. The molecule has 2 heterocycles. The highest BCUT2D eigenvalue weighted by molar-refractivity contribution is 6.04. The van der Waals surface area contributed by atoms with Gasteiger partial charge in [0.15, 0.2) is 11.5 Å². The Hall–Kier alpha value is -4.98. The molecule has 0 aliphatic rings. The number of nitrogens with zero attached hydrogens (tertiary/aromatic N) is 3. The molecule has 0 atom stereocenters. The molecular formula is C31H29N5O3. The summed E-state index contributed by atoms with van der Waals surface area (Å²) >= 11 is 0. The van der Waals surface area contributed by atoms with Crippen LogP contribution in [0.2, 0.25) is 0 Å². The number of hydrogen-bond acceptors (Lipinski definition) is 5. The number of nitrogens with one attached hydrogen (secondary N) is 2. The van der Waals surface area contributed by atoms with Gasteiger partial charge in [0.25, 0.3) is 5.91 Å². The highest BCUT2D eigenvalue weighted by atomic mass is 16.4. The lowest BCUT2D eigenvalue weighted by Gasteiger charge is -2.19. The summed E-state index contributed by atoms with van der Waals surface area (Å²) in [5, 5.41) is 15.4. The van der Waals surface area contributed by atoms with Gasteiger partial charge in [0.1, 0.15) is 0 Å². The molecule has 0 aliphatic carbocycles. The minimum Gasteiger partial charge on any atom is -0.478 e. The van der Waals surface area contributed by atoms with Crippen LogP contribution in [-0.4, -0.2) is 31.4 Å². The number of carboxylic acid groups (broad SMARTS) is 1. The second-order valence-corrected chi connectivity index (χ2v) is 10.5. The van der Waals surface area contributed by atoms with Crippen LogP contribution in [-0.2, 0) is 5.41 Å². The second-order valence-electron chi connectivity index (χ2n) is 10.5. The van der Waals surface area contributed by atoms with E-state index < -0.39 is 5.97 Å². The molecule has 2 aromatic heterocycles. The lowest BCUT2D eigenvalue weighted by molar-refractivity contribution is 0.0696. The number of carbonyl (C=O) groups is 2. The number of aromatic carboxylic acids is 1. The molecule has 3 aromatic carbocycles. The van der Waals surface area contributed by atoms with E-state index in [0.717, 1.165) is 11.1 Å². The number of aryl methyl sites for hydroxylation is 1. The van der Waals surface area contributed by atoms with Crippen molar-refractivity contribution in [2.24, 2.45) is 0 Å². The Morgan fingerprint density at radius 3 is 2.23 bits per heavy atom. The number of carboxylic acids is 1. The van der Waals surface area contributed by atoms with Gasteiger partial charge in [0.05, 0.1) is 11.3 Å². The fraction of sp³-hybridized carbons (Fsp3) is 0.161. The van der Waals surface area contributed by atoms with Crippen molar-refractivity contribution in [2.75, 3.05) is 10.6 Å². The summed E-state index contributed by atoms with van der Waals surface area (Å²) in [7, 11) is 0. The Kier molecular flexibility index (Phi) is 6.62. The molecule has 0 fully saturated rings. The van der Waals surface area contributed by atoms with E-state index >= 15 is 0 Å². The third kappa shape index (κ3) is 5.50. The van der Waals surface area contributed by atoms with Crippen LogP contribution in [0.15, 0.2) is 85.3 Å². The number of aromatic nitrogens is 3. The topological polar surface area (TPSA) is 109 Å². The van der Waals surface area contributed by atoms with Crippen molar-refractivity contribution >= 4 is 34.7 Å². The van der Waals surface area contributed by atoms with E-state index in [0.29, 0.717) is 34.1 Å². The van der Waals surface area contributed by atoms with E-state index in [2.05, 4.69) is 36.4 Å². The molecule has 39 heavy (non-hydrogen) atoms. The number of rotatable bonds is 6. The summed E-state index contributed by atoms with van der Waals surface area (Å²) in [6.45, 7) is 8.41. The molecule has 0 unspecified atom stereocenters. The number of fused-ring (bicyclic) bond motifs is 1. The van der Waals surface area contributed by atoms with Crippen molar-refractivity contribution in [1.29, 1.82) is 0 Å². The van der Waals surface area contributed by atoms with Crippen molar-refractivity contribution in [3.63, 3.8) is 0 Å². The first-order valence-corrected chi connectivity index (χ1v) is 12.6. The molecular weight excluding hydrogens is 490 g/mol. The number of imidazole rings is 1. The summed E-state index contributed by atoms with van der Waals surface area (Å²) in [5.74, 6) is -0.648. The Balaban J connectivity index is 1.44. The number of amides is 1. The van der Waals surface area contributed by atoms with Gasteiger partial charge >= 0.3 is 5.97 Å². The lowest BCUT2D eigenvalue weighted by Crippen LogP contribution is -2.14. The van der Waals surface area contributed by atoms with Crippen molar-refractivity contribution < 1.29 is 14.7 Å². The van der Waals surface area contributed by atoms with E-state index in [1.807, 2.05) is 66.2 Å². The molecule has 196 valence electrons. The van der Waals surface area contributed by atoms with Crippen LogP contribution in [0.25, 0.3) is 16.9 Å². The standard InChI is InChI=1S/C31H29N5O3/c1-19-5-12-24(34-29(37)20-6-10-22(11-7-20)31(2,3)4)17-25(19)26-18-36-16-15-32-28(36)27(35-26)33-23-13-8-21(9-14-23)30(38)39/h5-18H,1-4H3,(H,33,35)(H,34,37)(H,38,39). The molecule has 1 amide bonds. The van der Waals surface area contributed by atoms with Gasteiger partial charge in [-0.3, -0.25) is 4.79 Å². The normalized spacial score (nSPS) is 11.4. The highest BCUT2D eigenvalue weighted by Crippen LogP contribution is 2.29. The average molecular weight is 520 g/mol. The Morgan fingerprint density at radius 2 is 1.56 bits per heavy atom. The maximum Gasteiger partial charge on any atom is 0.335 e. The van der Waals surface area contributed by atoms with Gasteiger partial charge < -0.3 is 20.1 Å². The summed E-state index contributed by atoms with van der Waals surface area (Å²) in [5.41, 5.74) is 6.48. The van der Waals surface area contributed by atoms with E-state index in [-0.39, 0.29) is 16.9 Å². The van der Waals surface area contributed by atoms with Crippen molar-refractivity contribution in [2.45, 2.75) is 33.1 Å². The first-order valence-electron chi connectivity index (χ1n) is 12.6. The molecule has 8 nitrogen and oxygen atoms in total. The summed E-state index contributed by atoms with van der Waals surface area (Å²) in [6.07, 6.45) is 5.41. The number of anilines is 3. The second kappa shape index (κ2) is 10.1. The monoisotopic (exact) mass is 519 g/mol. The van der Waals surface area contributed by atoms with Crippen molar-refractivity contribution in [1.82, 2.24) is 14.4 Å². The number of carbonyl (C=O) groups excluding carboxylic acids is 1. The van der Waals surface area contributed by atoms with Crippen LogP contribution in [0.3, 0.4) is 0 Å². The van der Waals surface area contributed by atoms with Crippen LogP contribution in [0.4, 0.5) is 17.2 Å². The number of hydrogen-bond donors (Lipinski definition) is 3. The Labute approximate surface area is 226 Å². The van der Waals surface area contributed by atoms with Gasteiger partial charge in [-0.2, -0.15) is 0 Å². The van der Waals surface area contributed by atoms with Gasteiger partial charge in [-0.05, 0) is 72.0 Å². The fourth-order valence-corrected chi connectivity index (χ4v) is 4.28. The zero-order valence-electron chi connectivity index (χ0n) is 22.2. The minimum absolute atomic E-state index is 0.0137. The predicted octanol–water partition coefficient (Wildman–Crippen LogP) is 6.70. The van der Waals surface area contributed by atoms with Gasteiger partial charge in [-0.15, -0.1) is 0 Å². The minimum atomic E-state index is -0.985. The van der Waals surface area contributed by atoms with Crippen LogP contribution >= 0.6 is 0 Å². The van der Waals surface area contributed by atoms with Crippen molar-refractivity contribution in [3.05, 3.63) is 108 Å². The predicted molar refractivity (Wildman–Crippen MR) is 153 cm³/mol. The average Bonchev–Trinajstić information content (AvgIpc) is 3.39. The quantitative estimate of drug-likeness (QED) is 0.230. The summed E-state index contributed by atoms with van der Waals surface area (Å²) in [4.78, 5) is 33.4. The molecule has 0 radical (unpaired) electrons. The molecule has 0 bridgehead atoms. The van der Waals surface area contributed by atoms with E-state index in [9.17, 15) is 14.7 Å². The van der Waals surface area contributed by atoms with Crippen LogP contribution < -0.4 is 10.6 Å². The maximum atomic E-state index is 13.0. The van der Waals surface area contributed by atoms with Crippen LogP contribution in [0, 0.1) is 6.92 Å². The molecule has 3 N–H and O–H groups in total. The van der Waals surface area contributed by atoms with Gasteiger partial charge in [-0.25, -0.2) is 14.8 Å². The fourth-order valence-electron chi connectivity index (χ4n) is 4.28. The maximum absolute atomic E-state index is 13.0. The molecule has 0 saturated carbocycles. The third-order valence-corrected chi connectivity index (χ3v) is 6.55. The molecule has 0 spiro atoms. The smallest absolute Gasteiger partial charge is 0.335 e. The van der Waals surface area contributed by atoms with Gasteiger partial charge in [0, 0.05) is 41.1 Å².